The molecule has 0 aromatic heterocycles. The Morgan fingerprint density at radius 1 is 1.10 bits per heavy atom. The zero-order valence-electron chi connectivity index (χ0n) is 17.4. The van der Waals surface area contributed by atoms with E-state index in [0.717, 1.165) is 51.0 Å². The van der Waals surface area contributed by atoms with Gasteiger partial charge in [-0.25, -0.2) is 0 Å². The molecule has 0 radical (unpaired) electrons. The summed E-state index contributed by atoms with van der Waals surface area (Å²) in [5, 5.41) is 9.99. The van der Waals surface area contributed by atoms with Crippen LogP contribution in [-0.2, 0) is 16.1 Å². The van der Waals surface area contributed by atoms with Gasteiger partial charge in [-0.15, -0.1) is 24.0 Å². The summed E-state index contributed by atoms with van der Waals surface area (Å²) < 4.78 is 5.71. The molecule has 0 saturated heterocycles. The average molecular weight is 514 g/mol. The summed E-state index contributed by atoms with van der Waals surface area (Å²) in [6, 6.07) is 10.9. The van der Waals surface area contributed by atoms with Gasteiger partial charge < -0.3 is 20.7 Å². The Bertz CT molecular complexity index is 637. The van der Waals surface area contributed by atoms with Gasteiger partial charge in [-0.2, -0.15) is 0 Å². The first-order valence-electron chi connectivity index (χ1n) is 10.7. The number of aliphatic imine (C=N–C) groups is 1. The van der Waals surface area contributed by atoms with Crippen LogP contribution >= 0.6 is 24.0 Å². The molecule has 162 valence electrons. The Morgan fingerprint density at radius 2 is 1.90 bits per heavy atom. The molecule has 2 unspecified atom stereocenters. The molecule has 2 fully saturated rings. The largest absolute Gasteiger partial charge is 0.375 e. The number of guanidine groups is 1. The van der Waals surface area contributed by atoms with Crippen LogP contribution in [0.5, 0.6) is 0 Å². The normalized spacial score (nSPS) is 21.8. The SMILES string of the molecule is CCNC(=NCCOCc1ccccc1)NC1CCCC(C(=O)NC2CC2)C1.I. The Labute approximate surface area is 191 Å². The molecule has 1 aromatic carbocycles. The molecule has 7 heteroatoms. The molecule has 1 amide bonds. The van der Waals surface area contributed by atoms with Gasteiger partial charge in [0.15, 0.2) is 5.96 Å². The highest BCUT2D eigenvalue weighted by Crippen LogP contribution is 2.26. The highest BCUT2D eigenvalue weighted by Gasteiger charge is 2.31. The molecule has 0 bridgehead atoms. The lowest BCUT2D eigenvalue weighted by molar-refractivity contribution is -0.126. The van der Waals surface area contributed by atoms with E-state index in [1.54, 1.807) is 0 Å². The van der Waals surface area contributed by atoms with Crippen molar-refractivity contribution in [1.29, 1.82) is 0 Å². The monoisotopic (exact) mass is 514 g/mol. The van der Waals surface area contributed by atoms with E-state index < -0.39 is 0 Å². The van der Waals surface area contributed by atoms with E-state index in [1.165, 1.54) is 5.56 Å². The van der Waals surface area contributed by atoms with Gasteiger partial charge in [0.25, 0.3) is 0 Å². The van der Waals surface area contributed by atoms with Crippen molar-refractivity contribution in [2.75, 3.05) is 19.7 Å². The number of benzene rings is 1. The van der Waals surface area contributed by atoms with Gasteiger partial charge in [0, 0.05) is 24.5 Å². The van der Waals surface area contributed by atoms with Crippen molar-refractivity contribution >= 4 is 35.8 Å². The van der Waals surface area contributed by atoms with Crippen LogP contribution in [0.2, 0.25) is 0 Å². The second-order valence-electron chi connectivity index (χ2n) is 7.79. The Kier molecular flexibility index (Phi) is 10.8. The number of rotatable bonds is 9. The molecular formula is C22H35IN4O2. The lowest BCUT2D eigenvalue weighted by atomic mass is 9.85. The lowest BCUT2D eigenvalue weighted by Gasteiger charge is -2.30. The topological polar surface area (TPSA) is 74.8 Å². The number of halogens is 1. The van der Waals surface area contributed by atoms with Gasteiger partial charge in [-0.05, 0) is 44.6 Å². The van der Waals surface area contributed by atoms with E-state index in [0.29, 0.717) is 31.8 Å². The van der Waals surface area contributed by atoms with Crippen LogP contribution in [0.25, 0.3) is 0 Å². The molecule has 0 spiro atoms. The minimum Gasteiger partial charge on any atom is -0.375 e. The molecule has 2 atom stereocenters. The first-order valence-corrected chi connectivity index (χ1v) is 10.7. The molecule has 1 aromatic rings. The van der Waals surface area contributed by atoms with Crippen molar-refractivity contribution in [2.45, 2.75) is 64.1 Å². The maximum atomic E-state index is 12.4. The fraction of sp³-hybridized carbons (Fsp3) is 0.636. The third-order valence-electron chi connectivity index (χ3n) is 5.27. The van der Waals surface area contributed by atoms with Crippen LogP contribution in [0.3, 0.4) is 0 Å². The van der Waals surface area contributed by atoms with Gasteiger partial charge in [0.2, 0.25) is 5.91 Å². The molecular weight excluding hydrogens is 479 g/mol. The zero-order chi connectivity index (χ0) is 19.6. The minimum atomic E-state index is 0. The molecule has 0 aliphatic heterocycles. The van der Waals surface area contributed by atoms with Crippen molar-refractivity contribution < 1.29 is 9.53 Å². The number of carbonyl (C=O) groups excluding carboxylic acids is 1. The molecule has 3 N–H and O–H groups in total. The van der Waals surface area contributed by atoms with E-state index in [2.05, 4.69) is 40.0 Å². The minimum absolute atomic E-state index is 0. The second kappa shape index (κ2) is 13.1. The van der Waals surface area contributed by atoms with Gasteiger partial charge >= 0.3 is 0 Å². The lowest BCUT2D eigenvalue weighted by Crippen LogP contribution is -2.47. The average Bonchev–Trinajstić information content (AvgIpc) is 3.53. The van der Waals surface area contributed by atoms with Crippen molar-refractivity contribution in [3.63, 3.8) is 0 Å². The maximum absolute atomic E-state index is 12.4. The van der Waals surface area contributed by atoms with E-state index in [-0.39, 0.29) is 35.8 Å². The van der Waals surface area contributed by atoms with Gasteiger partial charge in [-0.3, -0.25) is 9.79 Å². The summed E-state index contributed by atoms with van der Waals surface area (Å²) in [7, 11) is 0. The smallest absolute Gasteiger partial charge is 0.223 e. The first-order chi connectivity index (χ1) is 13.7. The van der Waals surface area contributed by atoms with Crippen LogP contribution in [0.4, 0.5) is 0 Å². The number of hydrogen-bond acceptors (Lipinski definition) is 3. The Hall–Kier alpha value is -1.35. The highest BCUT2D eigenvalue weighted by atomic mass is 127. The summed E-state index contributed by atoms with van der Waals surface area (Å²) >= 11 is 0. The molecule has 29 heavy (non-hydrogen) atoms. The number of carbonyl (C=O) groups is 1. The number of amides is 1. The van der Waals surface area contributed by atoms with Crippen molar-refractivity contribution in [1.82, 2.24) is 16.0 Å². The standard InChI is InChI=1S/C22H34N4O2.HI/c1-2-23-22(24-13-14-28-16-17-7-4-3-5-8-17)26-20-10-6-9-18(15-20)21(27)25-19-11-12-19;/h3-5,7-8,18-20H,2,6,9-16H2,1H3,(H,25,27)(H2,23,24,26);1H. The number of nitrogens with zero attached hydrogens (tertiary/aromatic N) is 1. The first kappa shape index (κ1) is 23.9. The number of nitrogens with one attached hydrogen (secondary N) is 3. The van der Waals surface area contributed by atoms with E-state index in [4.69, 9.17) is 4.74 Å². The van der Waals surface area contributed by atoms with Crippen LogP contribution in [0.15, 0.2) is 35.3 Å². The summed E-state index contributed by atoms with van der Waals surface area (Å²) in [6.07, 6.45) is 6.33. The third-order valence-corrected chi connectivity index (χ3v) is 5.27. The van der Waals surface area contributed by atoms with Crippen molar-refractivity contribution in [3.8, 4) is 0 Å². The van der Waals surface area contributed by atoms with Gasteiger partial charge in [0.1, 0.15) is 0 Å². The Morgan fingerprint density at radius 3 is 2.62 bits per heavy atom. The van der Waals surface area contributed by atoms with Crippen LogP contribution < -0.4 is 16.0 Å². The zero-order valence-corrected chi connectivity index (χ0v) is 19.7. The summed E-state index contributed by atoms with van der Waals surface area (Å²) in [5.41, 5.74) is 1.18. The molecule has 6 nitrogen and oxygen atoms in total. The third kappa shape index (κ3) is 8.90. The van der Waals surface area contributed by atoms with Gasteiger partial charge in [0.05, 0.1) is 19.8 Å². The molecule has 2 aliphatic rings. The predicted octanol–water partition coefficient (Wildman–Crippen LogP) is 3.21. The fourth-order valence-corrected chi connectivity index (χ4v) is 3.61. The summed E-state index contributed by atoms with van der Waals surface area (Å²) in [6.45, 7) is 4.69. The van der Waals surface area contributed by atoms with E-state index in [9.17, 15) is 4.79 Å². The predicted molar refractivity (Wildman–Crippen MR) is 128 cm³/mol. The molecule has 3 rings (SSSR count). The maximum Gasteiger partial charge on any atom is 0.223 e. The van der Waals surface area contributed by atoms with Crippen LogP contribution in [-0.4, -0.2) is 43.6 Å². The van der Waals surface area contributed by atoms with E-state index >= 15 is 0 Å². The highest BCUT2D eigenvalue weighted by molar-refractivity contribution is 14.0. The van der Waals surface area contributed by atoms with Crippen molar-refractivity contribution in [2.24, 2.45) is 10.9 Å². The fourth-order valence-electron chi connectivity index (χ4n) is 3.61. The number of ether oxygens (including phenoxy) is 1. The molecule has 0 heterocycles. The van der Waals surface area contributed by atoms with Crippen LogP contribution in [0.1, 0.15) is 51.0 Å². The molecule has 2 aliphatic carbocycles. The van der Waals surface area contributed by atoms with Crippen LogP contribution in [0, 0.1) is 5.92 Å². The summed E-state index contributed by atoms with van der Waals surface area (Å²) in [5.74, 6) is 1.19. The molecule has 2 saturated carbocycles. The Balaban J connectivity index is 0.00000300. The van der Waals surface area contributed by atoms with Gasteiger partial charge in [-0.1, -0.05) is 36.8 Å². The van der Waals surface area contributed by atoms with Crippen molar-refractivity contribution in [3.05, 3.63) is 35.9 Å². The quantitative estimate of drug-likeness (QED) is 0.205. The second-order valence-corrected chi connectivity index (χ2v) is 7.79. The van der Waals surface area contributed by atoms with E-state index in [1.807, 2.05) is 18.2 Å². The summed E-state index contributed by atoms with van der Waals surface area (Å²) in [4.78, 5) is 17.0. The number of hydrogen-bond donors (Lipinski definition) is 3.